The monoisotopic (exact) mass is 472 g/mol. The summed E-state index contributed by atoms with van der Waals surface area (Å²) in [4.78, 5) is 32.0. The zero-order valence-corrected chi connectivity index (χ0v) is 20.0. The highest BCUT2D eigenvalue weighted by Crippen LogP contribution is 2.43. The molecule has 1 fully saturated rings. The minimum Gasteiger partial charge on any atom is -0.507 e. The number of hydrogen-bond acceptors (Lipinski definition) is 6. The van der Waals surface area contributed by atoms with Crippen LogP contribution in [0.5, 0.6) is 11.5 Å². The first-order chi connectivity index (χ1) is 16.9. The number of nitrogens with zero attached hydrogens (tertiary/aromatic N) is 2. The maximum atomic E-state index is 13.3. The largest absolute Gasteiger partial charge is 0.507 e. The summed E-state index contributed by atoms with van der Waals surface area (Å²) in [6.07, 6.45) is 3.29. The molecule has 35 heavy (non-hydrogen) atoms. The zero-order valence-electron chi connectivity index (χ0n) is 20.0. The number of aliphatic hydroxyl groups is 1. The summed E-state index contributed by atoms with van der Waals surface area (Å²) in [5.41, 5.74) is 1.80. The predicted octanol–water partition coefficient (Wildman–Crippen LogP) is 4.75. The zero-order chi connectivity index (χ0) is 24.9. The minimum absolute atomic E-state index is 0.0132. The fourth-order valence-corrected chi connectivity index (χ4v) is 4.07. The number of pyridine rings is 1. The molecule has 1 N–H and O–H groups in total. The summed E-state index contributed by atoms with van der Waals surface area (Å²) in [6, 6.07) is 16.8. The lowest BCUT2D eigenvalue weighted by atomic mass is 9.94. The van der Waals surface area contributed by atoms with Gasteiger partial charge in [0.15, 0.2) is 0 Å². The molecule has 1 atom stereocenters. The summed E-state index contributed by atoms with van der Waals surface area (Å²) in [5.74, 6) is -0.138. The second kappa shape index (κ2) is 10.4. The van der Waals surface area contributed by atoms with Crippen LogP contribution in [0.25, 0.3) is 5.76 Å². The average molecular weight is 473 g/mol. The van der Waals surface area contributed by atoms with Crippen LogP contribution in [0.4, 0.5) is 0 Å². The predicted molar refractivity (Wildman–Crippen MR) is 132 cm³/mol. The Morgan fingerprint density at radius 2 is 1.80 bits per heavy atom. The van der Waals surface area contributed by atoms with Crippen molar-refractivity contribution in [3.05, 3.63) is 95.3 Å². The second-order valence-electron chi connectivity index (χ2n) is 8.76. The highest BCUT2D eigenvalue weighted by molar-refractivity contribution is 6.46. The molecule has 0 unspecified atom stereocenters. The summed E-state index contributed by atoms with van der Waals surface area (Å²) < 4.78 is 11.3. The van der Waals surface area contributed by atoms with E-state index in [0.29, 0.717) is 35.2 Å². The molecule has 1 saturated heterocycles. The van der Waals surface area contributed by atoms with Crippen molar-refractivity contribution in [2.24, 2.45) is 5.92 Å². The third-order valence-electron chi connectivity index (χ3n) is 5.76. The molecular formula is C28H28N2O5. The van der Waals surface area contributed by atoms with Gasteiger partial charge < -0.3 is 19.5 Å². The molecule has 1 aliphatic heterocycles. The van der Waals surface area contributed by atoms with Crippen LogP contribution in [0.15, 0.2) is 78.6 Å². The molecule has 1 aromatic heterocycles. The van der Waals surface area contributed by atoms with Crippen molar-refractivity contribution in [2.45, 2.75) is 26.4 Å². The molecular weight excluding hydrogens is 444 g/mol. The van der Waals surface area contributed by atoms with Crippen molar-refractivity contribution in [3.8, 4) is 11.5 Å². The maximum Gasteiger partial charge on any atom is 0.295 e. The second-order valence-corrected chi connectivity index (χ2v) is 8.76. The number of carbonyl (C=O) groups excluding carboxylic acids is 2. The number of benzene rings is 2. The average Bonchev–Trinajstić information content (AvgIpc) is 3.12. The van der Waals surface area contributed by atoms with E-state index in [1.807, 2.05) is 18.2 Å². The highest BCUT2D eigenvalue weighted by Gasteiger charge is 2.47. The van der Waals surface area contributed by atoms with Gasteiger partial charge in [0.1, 0.15) is 17.3 Å². The van der Waals surface area contributed by atoms with Crippen LogP contribution in [-0.2, 0) is 16.1 Å². The van der Waals surface area contributed by atoms with E-state index in [9.17, 15) is 14.7 Å². The molecule has 1 amide bonds. The van der Waals surface area contributed by atoms with Crippen molar-refractivity contribution in [3.63, 3.8) is 0 Å². The van der Waals surface area contributed by atoms with Crippen molar-refractivity contribution >= 4 is 17.4 Å². The highest BCUT2D eigenvalue weighted by atomic mass is 16.5. The van der Waals surface area contributed by atoms with E-state index in [-0.39, 0.29) is 17.9 Å². The van der Waals surface area contributed by atoms with E-state index in [0.717, 1.165) is 5.56 Å². The Balaban J connectivity index is 1.79. The summed E-state index contributed by atoms with van der Waals surface area (Å²) in [7, 11) is 1.53. The number of amides is 1. The lowest BCUT2D eigenvalue weighted by Gasteiger charge is -2.26. The first-order valence-electron chi connectivity index (χ1n) is 11.4. The molecule has 0 aliphatic carbocycles. The lowest BCUT2D eigenvalue weighted by Crippen LogP contribution is -2.29. The lowest BCUT2D eigenvalue weighted by molar-refractivity contribution is -0.140. The van der Waals surface area contributed by atoms with Gasteiger partial charge >= 0.3 is 0 Å². The third-order valence-corrected chi connectivity index (χ3v) is 5.76. The van der Waals surface area contributed by atoms with Gasteiger partial charge in [0, 0.05) is 30.1 Å². The van der Waals surface area contributed by atoms with Crippen molar-refractivity contribution in [1.82, 2.24) is 9.88 Å². The Bertz CT molecular complexity index is 1240. The number of para-hydroxylation sites is 1. The van der Waals surface area contributed by atoms with Gasteiger partial charge in [0.05, 0.1) is 25.3 Å². The number of ether oxygens (including phenoxy) is 2. The van der Waals surface area contributed by atoms with E-state index in [1.165, 1.54) is 12.0 Å². The molecule has 0 radical (unpaired) electrons. The van der Waals surface area contributed by atoms with Gasteiger partial charge in [-0.15, -0.1) is 0 Å². The summed E-state index contributed by atoms with van der Waals surface area (Å²) in [5, 5.41) is 11.3. The number of ketones is 1. The Labute approximate surface area is 204 Å². The first-order valence-corrected chi connectivity index (χ1v) is 11.4. The summed E-state index contributed by atoms with van der Waals surface area (Å²) in [6.45, 7) is 4.84. The Morgan fingerprint density at radius 1 is 1.06 bits per heavy atom. The van der Waals surface area contributed by atoms with Crippen LogP contribution in [0.3, 0.4) is 0 Å². The molecule has 0 saturated carbocycles. The SMILES string of the molecule is COc1ccccc1[C@@H]1/C(=C(\O)c2ccc(OCC(C)C)cc2)C(=O)C(=O)N1Cc1cccnc1. The van der Waals surface area contributed by atoms with E-state index in [4.69, 9.17) is 9.47 Å². The topological polar surface area (TPSA) is 89.0 Å². The number of carbonyl (C=O) groups is 2. The molecule has 2 heterocycles. The standard InChI is InChI=1S/C28H28N2O5/c1-18(2)17-35-21-12-10-20(11-13-21)26(31)24-25(22-8-4-5-9-23(22)34-3)30(28(33)27(24)32)16-19-7-6-14-29-15-19/h4-15,18,25,31H,16-17H2,1-3H3/b26-24+/t25-/m1/s1. The molecule has 4 rings (SSSR count). The van der Waals surface area contributed by atoms with Gasteiger partial charge in [-0.3, -0.25) is 14.6 Å². The van der Waals surface area contributed by atoms with Gasteiger partial charge in [-0.05, 0) is 47.9 Å². The van der Waals surface area contributed by atoms with Gasteiger partial charge in [-0.25, -0.2) is 0 Å². The number of aliphatic hydroxyl groups excluding tert-OH is 1. The van der Waals surface area contributed by atoms with Crippen molar-refractivity contribution < 1.29 is 24.2 Å². The van der Waals surface area contributed by atoms with Gasteiger partial charge in [-0.2, -0.15) is 0 Å². The first kappa shape index (κ1) is 24.0. The fourth-order valence-electron chi connectivity index (χ4n) is 4.07. The fraction of sp³-hybridized carbons (Fsp3) is 0.250. The number of likely N-dealkylation sites (tertiary alicyclic amines) is 1. The van der Waals surface area contributed by atoms with Gasteiger partial charge in [-0.1, -0.05) is 38.1 Å². The Morgan fingerprint density at radius 3 is 2.46 bits per heavy atom. The molecule has 0 bridgehead atoms. The van der Waals surface area contributed by atoms with E-state index in [2.05, 4.69) is 18.8 Å². The number of Topliss-reactive ketones (excluding diaryl/α,β-unsaturated/α-hetero) is 1. The summed E-state index contributed by atoms with van der Waals surface area (Å²) >= 11 is 0. The van der Waals surface area contributed by atoms with Crippen molar-refractivity contribution in [1.29, 1.82) is 0 Å². The Hall–Kier alpha value is -4.13. The molecule has 0 spiro atoms. The number of methoxy groups -OCH3 is 1. The number of rotatable bonds is 8. The van der Waals surface area contributed by atoms with Gasteiger partial charge in [0.25, 0.3) is 11.7 Å². The van der Waals surface area contributed by atoms with E-state index < -0.39 is 17.7 Å². The third kappa shape index (κ3) is 5.04. The van der Waals surface area contributed by atoms with Crippen LogP contribution in [0, 0.1) is 5.92 Å². The quantitative estimate of drug-likeness (QED) is 0.289. The molecule has 180 valence electrons. The van der Waals surface area contributed by atoms with Crippen LogP contribution >= 0.6 is 0 Å². The minimum atomic E-state index is -0.830. The molecule has 7 nitrogen and oxygen atoms in total. The Kier molecular flexibility index (Phi) is 7.15. The molecule has 2 aromatic carbocycles. The van der Waals surface area contributed by atoms with Crippen molar-refractivity contribution in [2.75, 3.05) is 13.7 Å². The smallest absolute Gasteiger partial charge is 0.295 e. The van der Waals surface area contributed by atoms with Crippen LogP contribution in [-0.4, -0.2) is 40.4 Å². The normalized spacial score (nSPS) is 17.1. The van der Waals surface area contributed by atoms with Crippen LogP contribution in [0.1, 0.15) is 36.6 Å². The van der Waals surface area contributed by atoms with E-state index in [1.54, 1.807) is 54.9 Å². The van der Waals surface area contributed by atoms with Crippen LogP contribution < -0.4 is 9.47 Å². The van der Waals surface area contributed by atoms with E-state index >= 15 is 0 Å². The number of hydrogen-bond donors (Lipinski definition) is 1. The molecule has 7 heteroatoms. The maximum absolute atomic E-state index is 13.3. The van der Waals surface area contributed by atoms with Gasteiger partial charge in [0.2, 0.25) is 0 Å². The molecule has 1 aliphatic rings. The molecule has 3 aromatic rings. The number of aromatic nitrogens is 1. The van der Waals surface area contributed by atoms with Crippen LogP contribution in [0.2, 0.25) is 0 Å².